The van der Waals surface area contributed by atoms with E-state index in [1.807, 2.05) is 18.2 Å². The van der Waals surface area contributed by atoms with Gasteiger partial charge in [0.05, 0.1) is 0 Å². The van der Waals surface area contributed by atoms with Crippen LogP contribution in [0.5, 0.6) is 5.75 Å². The fourth-order valence-electron chi connectivity index (χ4n) is 1.99. The van der Waals surface area contributed by atoms with Gasteiger partial charge in [0.25, 0.3) is 0 Å². The predicted octanol–water partition coefficient (Wildman–Crippen LogP) is 1.90. The van der Waals surface area contributed by atoms with Crippen molar-refractivity contribution in [2.24, 2.45) is 5.73 Å². The van der Waals surface area contributed by atoms with Crippen molar-refractivity contribution in [3.05, 3.63) is 29.8 Å². The molecule has 0 spiro atoms. The molecule has 0 aromatic heterocycles. The summed E-state index contributed by atoms with van der Waals surface area (Å²) in [6.07, 6.45) is 1.30. The lowest BCUT2D eigenvalue weighted by molar-refractivity contribution is 0.202. The topological polar surface area (TPSA) is 35.2 Å². The highest BCUT2D eigenvalue weighted by Gasteiger charge is 2.31. The maximum atomic E-state index is 5.78. The molecule has 2 nitrogen and oxygen atoms in total. The monoisotopic (exact) mass is 177 g/mol. The van der Waals surface area contributed by atoms with Gasteiger partial charge in [-0.25, -0.2) is 0 Å². The number of nitrogens with two attached hydrogens (primary N) is 1. The Balaban J connectivity index is 2.34. The second-order valence-corrected chi connectivity index (χ2v) is 3.44. The van der Waals surface area contributed by atoms with Crippen molar-refractivity contribution in [1.29, 1.82) is 0 Å². The van der Waals surface area contributed by atoms with Gasteiger partial charge in [0, 0.05) is 18.0 Å². The molecule has 2 unspecified atom stereocenters. The van der Waals surface area contributed by atoms with Crippen molar-refractivity contribution in [2.45, 2.75) is 25.4 Å². The van der Waals surface area contributed by atoms with E-state index in [9.17, 15) is 0 Å². The number of rotatable bonds is 2. The van der Waals surface area contributed by atoms with Gasteiger partial charge < -0.3 is 10.5 Å². The van der Waals surface area contributed by atoms with E-state index >= 15 is 0 Å². The summed E-state index contributed by atoms with van der Waals surface area (Å²) >= 11 is 0. The third-order valence-corrected chi connectivity index (χ3v) is 2.70. The van der Waals surface area contributed by atoms with E-state index < -0.39 is 0 Å². The van der Waals surface area contributed by atoms with Gasteiger partial charge in [-0.3, -0.25) is 0 Å². The van der Waals surface area contributed by atoms with Crippen molar-refractivity contribution in [3.63, 3.8) is 0 Å². The first-order valence-corrected chi connectivity index (χ1v) is 4.82. The quantitative estimate of drug-likeness (QED) is 0.748. The number of fused-ring (bicyclic) bond motifs is 1. The summed E-state index contributed by atoms with van der Waals surface area (Å²) in [7, 11) is 0. The number of benzene rings is 1. The van der Waals surface area contributed by atoms with Crippen LogP contribution in [0.2, 0.25) is 0 Å². The molecule has 13 heavy (non-hydrogen) atoms. The number of ether oxygens (including phenoxy) is 1. The molecule has 0 fully saturated rings. The van der Waals surface area contributed by atoms with Crippen LogP contribution in [0.1, 0.15) is 24.8 Å². The van der Waals surface area contributed by atoms with Crippen LogP contribution in [0.15, 0.2) is 24.3 Å². The first-order valence-electron chi connectivity index (χ1n) is 4.82. The van der Waals surface area contributed by atoms with Crippen LogP contribution in [0.4, 0.5) is 0 Å². The van der Waals surface area contributed by atoms with Gasteiger partial charge in [0.2, 0.25) is 0 Å². The van der Waals surface area contributed by atoms with Crippen LogP contribution in [-0.4, -0.2) is 12.6 Å². The Morgan fingerprint density at radius 3 is 2.85 bits per heavy atom. The summed E-state index contributed by atoms with van der Waals surface area (Å²) in [6, 6.07) is 8.18. The fourth-order valence-corrected chi connectivity index (χ4v) is 1.99. The van der Waals surface area contributed by atoms with Gasteiger partial charge >= 0.3 is 0 Å². The second kappa shape index (κ2) is 3.38. The lowest BCUT2D eigenvalue weighted by Crippen LogP contribution is -2.24. The molecule has 2 heteroatoms. The molecule has 0 bridgehead atoms. The summed E-state index contributed by atoms with van der Waals surface area (Å²) in [5, 5.41) is 0. The molecular formula is C11H15NO. The minimum Gasteiger partial charge on any atom is -0.489 e. The molecule has 0 radical (unpaired) electrons. The maximum Gasteiger partial charge on any atom is 0.123 e. The van der Waals surface area contributed by atoms with E-state index in [1.54, 1.807) is 0 Å². The molecule has 1 aromatic rings. The minimum absolute atomic E-state index is 0.280. The molecule has 0 saturated carbocycles. The average molecular weight is 177 g/mol. The summed E-state index contributed by atoms with van der Waals surface area (Å²) in [4.78, 5) is 0. The second-order valence-electron chi connectivity index (χ2n) is 3.44. The maximum absolute atomic E-state index is 5.78. The minimum atomic E-state index is 0.280. The lowest BCUT2D eigenvalue weighted by atomic mass is 9.94. The predicted molar refractivity (Wildman–Crippen MR) is 52.9 cm³/mol. The van der Waals surface area contributed by atoms with Gasteiger partial charge in [0.15, 0.2) is 0 Å². The van der Waals surface area contributed by atoms with Crippen LogP contribution in [-0.2, 0) is 0 Å². The van der Waals surface area contributed by atoms with Gasteiger partial charge in [-0.2, -0.15) is 0 Å². The van der Waals surface area contributed by atoms with Gasteiger partial charge in [0.1, 0.15) is 11.9 Å². The van der Waals surface area contributed by atoms with E-state index in [-0.39, 0.29) is 6.10 Å². The number of para-hydroxylation sites is 1. The Bertz CT molecular complexity index is 298. The first kappa shape index (κ1) is 8.57. The van der Waals surface area contributed by atoms with Crippen molar-refractivity contribution in [2.75, 3.05) is 6.54 Å². The molecule has 1 heterocycles. The van der Waals surface area contributed by atoms with Crippen molar-refractivity contribution in [1.82, 2.24) is 0 Å². The Morgan fingerprint density at radius 1 is 1.38 bits per heavy atom. The van der Waals surface area contributed by atoms with E-state index in [2.05, 4.69) is 13.0 Å². The zero-order chi connectivity index (χ0) is 9.26. The van der Waals surface area contributed by atoms with E-state index in [1.165, 1.54) is 5.56 Å². The number of hydrogen-bond acceptors (Lipinski definition) is 2. The Hall–Kier alpha value is -1.02. The third-order valence-electron chi connectivity index (χ3n) is 2.70. The Kier molecular flexibility index (Phi) is 2.23. The highest BCUT2D eigenvalue weighted by atomic mass is 16.5. The molecule has 2 atom stereocenters. The number of hydrogen-bond donors (Lipinski definition) is 1. The molecule has 0 amide bonds. The summed E-state index contributed by atoms with van der Waals surface area (Å²) in [5.74, 6) is 1.41. The molecule has 70 valence electrons. The normalized spacial score (nSPS) is 25.4. The summed E-state index contributed by atoms with van der Waals surface area (Å²) in [6.45, 7) is 2.81. The van der Waals surface area contributed by atoms with Gasteiger partial charge in [-0.05, 0) is 12.5 Å². The SMILES string of the molecule is CCC1Oc2ccccc2C1CN. The van der Waals surface area contributed by atoms with Gasteiger partial charge in [-0.1, -0.05) is 25.1 Å². The average Bonchev–Trinajstić information content (AvgIpc) is 2.55. The van der Waals surface area contributed by atoms with Crippen LogP contribution in [0.3, 0.4) is 0 Å². The Morgan fingerprint density at radius 2 is 2.15 bits per heavy atom. The van der Waals surface area contributed by atoms with Crippen LogP contribution in [0.25, 0.3) is 0 Å². The van der Waals surface area contributed by atoms with Crippen LogP contribution < -0.4 is 10.5 Å². The summed E-state index contributed by atoms with van der Waals surface area (Å²) < 4.78 is 5.78. The van der Waals surface area contributed by atoms with Crippen molar-refractivity contribution >= 4 is 0 Å². The standard InChI is InChI=1S/C11H15NO/c1-2-10-9(7-12)8-5-3-4-6-11(8)13-10/h3-6,9-10H,2,7,12H2,1H3. The molecule has 2 N–H and O–H groups in total. The van der Waals surface area contributed by atoms with E-state index in [4.69, 9.17) is 10.5 Å². The smallest absolute Gasteiger partial charge is 0.123 e. The van der Waals surface area contributed by atoms with Crippen LogP contribution in [0, 0.1) is 0 Å². The van der Waals surface area contributed by atoms with Crippen LogP contribution >= 0.6 is 0 Å². The molecule has 1 aliphatic heterocycles. The molecular weight excluding hydrogens is 162 g/mol. The molecule has 1 aromatic carbocycles. The third kappa shape index (κ3) is 1.31. The highest BCUT2D eigenvalue weighted by molar-refractivity contribution is 5.41. The van der Waals surface area contributed by atoms with Gasteiger partial charge in [-0.15, -0.1) is 0 Å². The summed E-state index contributed by atoms with van der Waals surface area (Å²) in [5.41, 5.74) is 7.01. The van der Waals surface area contributed by atoms with Crippen molar-refractivity contribution < 1.29 is 4.74 Å². The zero-order valence-electron chi connectivity index (χ0n) is 7.86. The fraction of sp³-hybridized carbons (Fsp3) is 0.455. The lowest BCUT2D eigenvalue weighted by Gasteiger charge is -2.14. The molecule has 2 rings (SSSR count). The molecule has 0 aliphatic carbocycles. The molecule has 0 saturated heterocycles. The van der Waals surface area contributed by atoms with Crippen molar-refractivity contribution in [3.8, 4) is 5.75 Å². The first-order chi connectivity index (χ1) is 6.36. The molecule has 1 aliphatic rings. The Labute approximate surface area is 78.7 Å². The van der Waals surface area contributed by atoms with E-state index in [0.29, 0.717) is 12.5 Å². The van der Waals surface area contributed by atoms with E-state index in [0.717, 1.165) is 12.2 Å². The highest BCUT2D eigenvalue weighted by Crippen LogP contribution is 2.38. The largest absolute Gasteiger partial charge is 0.489 e. The zero-order valence-corrected chi connectivity index (χ0v) is 7.86.